The van der Waals surface area contributed by atoms with Gasteiger partial charge in [-0.15, -0.1) is 0 Å². The van der Waals surface area contributed by atoms with E-state index in [1.54, 1.807) is 0 Å². The summed E-state index contributed by atoms with van der Waals surface area (Å²) in [5.41, 5.74) is -5.07. The Kier molecular flexibility index (Phi) is 6.55. The molecule has 0 heterocycles. The number of hydrogen-bond donors (Lipinski definition) is 0. The molecule has 0 saturated heterocycles. The molecule has 0 unspecified atom stereocenters. The molecule has 0 spiro atoms. The Labute approximate surface area is 151 Å². The smallest absolute Gasteiger partial charge is 0.376 e. The summed E-state index contributed by atoms with van der Waals surface area (Å²) in [5.74, 6) is -0.982. The van der Waals surface area contributed by atoms with Gasteiger partial charge in [-0.3, -0.25) is 0 Å². The normalized spacial score (nSPS) is 18.0. The molecule has 0 fully saturated rings. The van der Waals surface area contributed by atoms with Crippen LogP contribution in [0.2, 0.25) is 0 Å². The molecule has 0 aliphatic heterocycles. The second-order valence-corrected chi connectivity index (χ2v) is 7.96. The van der Waals surface area contributed by atoms with Crippen molar-refractivity contribution in [1.82, 2.24) is 4.90 Å². The van der Waals surface area contributed by atoms with Gasteiger partial charge in [-0.05, 0) is 62.9 Å². The van der Waals surface area contributed by atoms with Crippen LogP contribution in [0.4, 0.5) is 17.6 Å². The largest absolute Gasteiger partial charge is 0.534 e. The van der Waals surface area contributed by atoms with Crippen molar-refractivity contribution in [1.29, 1.82) is 0 Å². The summed E-state index contributed by atoms with van der Waals surface area (Å²) < 4.78 is 79.1. The van der Waals surface area contributed by atoms with E-state index in [-0.39, 0.29) is 23.6 Å². The molecule has 26 heavy (non-hydrogen) atoms. The van der Waals surface area contributed by atoms with Crippen molar-refractivity contribution in [3.05, 3.63) is 29.1 Å². The van der Waals surface area contributed by atoms with Gasteiger partial charge in [-0.25, -0.2) is 4.39 Å². The van der Waals surface area contributed by atoms with Crippen molar-refractivity contribution in [2.45, 2.75) is 57.5 Å². The molecule has 1 atom stereocenters. The van der Waals surface area contributed by atoms with Crippen molar-refractivity contribution < 1.29 is 30.2 Å². The molecule has 2 rings (SSSR count). The first-order valence-corrected chi connectivity index (χ1v) is 10.1. The van der Waals surface area contributed by atoms with Crippen LogP contribution in [0.25, 0.3) is 0 Å². The zero-order valence-corrected chi connectivity index (χ0v) is 15.6. The van der Waals surface area contributed by atoms with Crippen molar-refractivity contribution in [2.24, 2.45) is 0 Å². The maximum absolute atomic E-state index is 14.1. The Morgan fingerprint density at radius 1 is 1.15 bits per heavy atom. The number of hydrogen-bond acceptors (Lipinski definition) is 4. The maximum atomic E-state index is 14.1. The SMILES string of the molecule is CCCN(CCC)[C@H]1CCc2c(F)ccc(OS(=O)(=O)C(F)(F)F)c2C1. The van der Waals surface area contributed by atoms with E-state index in [1.165, 1.54) is 0 Å². The van der Waals surface area contributed by atoms with Crippen LogP contribution in [0.3, 0.4) is 0 Å². The van der Waals surface area contributed by atoms with Gasteiger partial charge in [0.05, 0.1) is 0 Å². The van der Waals surface area contributed by atoms with E-state index in [9.17, 15) is 26.0 Å². The summed E-state index contributed by atoms with van der Waals surface area (Å²) in [6.45, 7) is 5.70. The lowest BCUT2D eigenvalue weighted by molar-refractivity contribution is -0.0500. The van der Waals surface area contributed by atoms with E-state index in [4.69, 9.17) is 0 Å². The van der Waals surface area contributed by atoms with Gasteiger partial charge in [-0.1, -0.05) is 13.8 Å². The third-order valence-corrected chi connectivity index (χ3v) is 5.49. The Bertz CT molecular complexity index is 728. The van der Waals surface area contributed by atoms with Gasteiger partial charge in [0.15, 0.2) is 0 Å². The topological polar surface area (TPSA) is 46.6 Å². The van der Waals surface area contributed by atoms with Crippen molar-refractivity contribution in [2.75, 3.05) is 13.1 Å². The van der Waals surface area contributed by atoms with Crippen molar-refractivity contribution >= 4 is 10.1 Å². The molecule has 0 bridgehead atoms. The van der Waals surface area contributed by atoms with Gasteiger partial charge in [0.25, 0.3) is 0 Å². The molecular formula is C17H23F4NO3S. The Morgan fingerprint density at radius 3 is 2.31 bits per heavy atom. The molecule has 148 valence electrons. The minimum Gasteiger partial charge on any atom is -0.376 e. The molecule has 4 nitrogen and oxygen atoms in total. The van der Waals surface area contributed by atoms with E-state index in [1.807, 2.05) is 13.8 Å². The molecule has 0 aromatic heterocycles. The molecule has 0 radical (unpaired) electrons. The molecule has 0 N–H and O–H groups in total. The average molecular weight is 397 g/mol. The van der Waals surface area contributed by atoms with Gasteiger partial charge in [0.2, 0.25) is 0 Å². The second-order valence-electron chi connectivity index (χ2n) is 6.42. The monoisotopic (exact) mass is 397 g/mol. The van der Waals surface area contributed by atoms with E-state index < -0.39 is 27.2 Å². The third-order valence-electron chi connectivity index (χ3n) is 4.52. The molecular weight excluding hydrogens is 374 g/mol. The number of rotatable bonds is 7. The molecule has 1 aromatic carbocycles. The number of fused-ring (bicyclic) bond motifs is 1. The maximum Gasteiger partial charge on any atom is 0.534 e. The first-order valence-electron chi connectivity index (χ1n) is 8.65. The van der Waals surface area contributed by atoms with Crippen LogP contribution in [-0.4, -0.2) is 38.0 Å². The fourth-order valence-corrected chi connectivity index (χ4v) is 3.88. The first kappa shape index (κ1) is 21.0. The zero-order chi connectivity index (χ0) is 19.5. The van der Waals surface area contributed by atoms with Crippen LogP contribution in [0.1, 0.15) is 44.2 Å². The van der Waals surface area contributed by atoms with Crippen molar-refractivity contribution in [3.8, 4) is 5.75 Å². The molecule has 0 amide bonds. The number of nitrogens with zero attached hydrogens (tertiary/aromatic N) is 1. The Morgan fingerprint density at radius 2 is 1.77 bits per heavy atom. The zero-order valence-electron chi connectivity index (χ0n) is 14.8. The quantitative estimate of drug-likeness (QED) is 0.396. The van der Waals surface area contributed by atoms with Gasteiger partial charge < -0.3 is 9.08 Å². The van der Waals surface area contributed by atoms with Crippen LogP contribution in [0.5, 0.6) is 5.75 Å². The summed E-state index contributed by atoms with van der Waals surface area (Å²) in [7, 11) is -5.79. The van der Waals surface area contributed by atoms with E-state index in [0.29, 0.717) is 12.8 Å². The minimum atomic E-state index is -5.79. The number of benzene rings is 1. The predicted octanol–water partition coefficient (Wildman–Crippen LogP) is 4.03. The second kappa shape index (κ2) is 8.12. The summed E-state index contributed by atoms with van der Waals surface area (Å²) in [4.78, 5) is 2.22. The lowest BCUT2D eigenvalue weighted by atomic mass is 9.86. The molecule has 1 aliphatic rings. The Hall–Kier alpha value is -1.35. The molecule has 0 saturated carbocycles. The molecule has 9 heteroatoms. The molecule has 1 aliphatic carbocycles. The van der Waals surface area contributed by atoms with Crippen LogP contribution >= 0.6 is 0 Å². The third kappa shape index (κ3) is 4.49. The van der Waals surface area contributed by atoms with Gasteiger partial charge in [0.1, 0.15) is 11.6 Å². The van der Waals surface area contributed by atoms with E-state index in [2.05, 4.69) is 9.08 Å². The fraction of sp³-hybridized carbons (Fsp3) is 0.647. The standard InChI is InChI=1S/C17H23F4NO3S/c1-3-9-22(10-4-2)12-5-6-13-14(11-12)16(8-7-15(13)18)25-26(23,24)17(19,20)21/h7-8,12H,3-6,9-11H2,1-2H3/t12-/m0/s1. The fourth-order valence-electron chi connectivity index (χ4n) is 3.39. The van der Waals surface area contributed by atoms with Crippen LogP contribution in [0, 0.1) is 5.82 Å². The van der Waals surface area contributed by atoms with Gasteiger partial charge in [0, 0.05) is 11.6 Å². The summed E-state index contributed by atoms with van der Waals surface area (Å²) in [6, 6.07) is 1.93. The predicted molar refractivity (Wildman–Crippen MR) is 90.0 cm³/mol. The lowest BCUT2D eigenvalue weighted by Gasteiger charge is -2.35. The lowest BCUT2D eigenvalue weighted by Crippen LogP contribution is -2.40. The highest BCUT2D eigenvalue weighted by molar-refractivity contribution is 7.88. The number of halogens is 4. The Balaban J connectivity index is 2.36. The summed E-state index contributed by atoms with van der Waals surface area (Å²) in [5, 5.41) is 0. The van der Waals surface area contributed by atoms with Gasteiger partial charge in [-0.2, -0.15) is 21.6 Å². The molecule has 1 aromatic rings. The minimum absolute atomic E-state index is 0.0140. The average Bonchev–Trinajstić information content (AvgIpc) is 2.56. The van der Waals surface area contributed by atoms with E-state index >= 15 is 0 Å². The first-order chi connectivity index (χ1) is 12.1. The summed E-state index contributed by atoms with van der Waals surface area (Å²) in [6.07, 6.45) is 3.09. The number of alkyl halides is 3. The highest BCUT2D eigenvalue weighted by Gasteiger charge is 2.49. The summed E-state index contributed by atoms with van der Waals surface area (Å²) >= 11 is 0. The highest BCUT2D eigenvalue weighted by atomic mass is 32.2. The van der Waals surface area contributed by atoms with Crippen LogP contribution < -0.4 is 4.18 Å². The van der Waals surface area contributed by atoms with Crippen molar-refractivity contribution in [3.63, 3.8) is 0 Å². The van der Waals surface area contributed by atoms with Crippen LogP contribution in [-0.2, 0) is 23.0 Å². The van der Waals surface area contributed by atoms with E-state index in [0.717, 1.165) is 38.1 Å². The van der Waals surface area contributed by atoms with Crippen LogP contribution in [0.15, 0.2) is 12.1 Å². The highest BCUT2D eigenvalue weighted by Crippen LogP contribution is 2.36. The van der Waals surface area contributed by atoms with Gasteiger partial charge >= 0.3 is 15.6 Å².